The quantitative estimate of drug-likeness (QED) is 0.750. The van der Waals surface area contributed by atoms with E-state index in [1.807, 2.05) is 0 Å². The number of nitrogens with two attached hydrogens (primary N) is 1. The smallest absolute Gasteiger partial charge is 0.302 e. The molecule has 0 saturated carbocycles. The van der Waals surface area contributed by atoms with Crippen LogP contribution >= 0.6 is 0 Å². The van der Waals surface area contributed by atoms with Crippen LogP contribution in [0.4, 0.5) is 0 Å². The van der Waals surface area contributed by atoms with Gasteiger partial charge in [-0.1, -0.05) is 12.1 Å². The molecule has 1 fully saturated rings. The molecule has 0 radical (unpaired) electrons. The molecule has 1 saturated heterocycles. The molecule has 134 valence electrons. The second kappa shape index (κ2) is 6.87. The van der Waals surface area contributed by atoms with Crippen LogP contribution in [-0.4, -0.2) is 37.6 Å². The lowest BCUT2D eigenvalue weighted by atomic mass is 10.1. The maximum absolute atomic E-state index is 11.5. The van der Waals surface area contributed by atoms with E-state index in [9.17, 15) is 18.3 Å². The van der Waals surface area contributed by atoms with Crippen molar-refractivity contribution in [3.8, 4) is 16.9 Å². The minimum absolute atomic E-state index is 0.148. The molecule has 1 aromatic heterocycles. The number of carboxylic acid groups (broad SMARTS) is 1. The molecule has 0 atom stereocenters. The van der Waals surface area contributed by atoms with Gasteiger partial charge in [-0.05, 0) is 49.7 Å². The second-order valence-corrected chi connectivity index (χ2v) is 7.22. The molecule has 9 heteroatoms. The van der Waals surface area contributed by atoms with Crippen molar-refractivity contribution >= 4 is 16.2 Å². The third kappa shape index (κ3) is 3.84. The zero-order chi connectivity index (χ0) is 18.0. The maximum atomic E-state index is 11.5. The summed E-state index contributed by atoms with van der Waals surface area (Å²) >= 11 is 0. The van der Waals surface area contributed by atoms with Crippen molar-refractivity contribution in [1.82, 2.24) is 9.29 Å². The summed E-state index contributed by atoms with van der Waals surface area (Å²) in [6.45, 7) is 1.83. The van der Waals surface area contributed by atoms with E-state index in [2.05, 4.69) is 5.32 Å². The highest BCUT2D eigenvalue weighted by Gasteiger charge is 2.19. The van der Waals surface area contributed by atoms with Gasteiger partial charge in [0.25, 0.3) is 0 Å². The summed E-state index contributed by atoms with van der Waals surface area (Å²) in [5.74, 6) is -0.944. The molecule has 1 aliphatic heterocycles. The minimum Gasteiger partial charge on any atom is -0.543 e. The van der Waals surface area contributed by atoms with Gasteiger partial charge in [-0.3, -0.25) is 0 Å². The van der Waals surface area contributed by atoms with Crippen molar-refractivity contribution in [2.75, 3.05) is 13.1 Å². The van der Waals surface area contributed by atoms with Crippen LogP contribution in [0.25, 0.3) is 11.1 Å². The van der Waals surface area contributed by atoms with Crippen LogP contribution in [-0.2, 0) is 10.2 Å². The number of carbonyl (C=O) groups excluding carboxylic acids is 1. The summed E-state index contributed by atoms with van der Waals surface area (Å²) in [5, 5.41) is 19.7. The van der Waals surface area contributed by atoms with E-state index in [1.165, 1.54) is 6.07 Å². The molecule has 2 heterocycles. The number of carboxylic acids is 1. The summed E-state index contributed by atoms with van der Waals surface area (Å²) in [7, 11) is -4.23. The van der Waals surface area contributed by atoms with Gasteiger partial charge in [0.1, 0.15) is 11.9 Å². The number of ether oxygens (including phenoxy) is 1. The van der Waals surface area contributed by atoms with E-state index < -0.39 is 21.9 Å². The van der Waals surface area contributed by atoms with Gasteiger partial charge >= 0.3 is 10.2 Å². The first-order valence-corrected chi connectivity index (χ1v) is 9.30. The van der Waals surface area contributed by atoms with Crippen LogP contribution in [0, 0.1) is 0 Å². The van der Waals surface area contributed by atoms with E-state index in [0.29, 0.717) is 15.3 Å². The summed E-state index contributed by atoms with van der Waals surface area (Å²) in [6.07, 6.45) is 3.09. The van der Waals surface area contributed by atoms with E-state index >= 15 is 0 Å². The molecule has 1 aromatic carbocycles. The number of aromatic nitrogens is 1. The topological polar surface area (TPSA) is 126 Å². The summed E-state index contributed by atoms with van der Waals surface area (Å²) < 4.78 is 29.4. The number of hydrogen-bond donors (Lipinski definition) is 2. The lowest BCUT2D eigenvalue weighted by Gasteiger charge is -2.23. The van der Waals surface area contributed by atoms with Crippen molar-refractivity contribution in [2.45, 2.75) is 18.9 Å². The molecular weight excluding hydrogens is 346 g/mol. The zero-order valence-electron chi connectivity index (χ0n) is 13.3. The summed E-state index contributed by atoms with van der Waals surface area (Å²) in [4.78, 5) is 11.4. The largest absolute Gasteiger partial charge is 0.543 e. The van der Waals surface area contributed by atoms with Gasteiger partial charge in [0.05, 0.1) is 11.7 Å². The van der Waals surface area contributed by atoms with E-state index in [4.69, 9.17) is 9.88 Å². The van der Waals surface area contributed by atoms with Crippen molar-refractivity contribution in [1.29, 1.82) is 0 Å². The molecule has 0 aliphatic carbocycles. The number of hydrogen-bond acceptors (Lipinski definition) is 6. The molecule has 3 rings (SSSR count). The number of nitrogens with one attached hydrogen (secondary N) is 1. The third-order valence-corrected chi connectivity index (χ3v) is 4.93. The van der Waals surface area contributed by atoms with Crippen LogP contribution in [0.5, 0.6) is 5.75 Å². The zero-order valence-corrected chi connectivity index (χ0v) is 14.2. The number of piperidine rings is 1. The molecule has 0 spiro atoms. The molecule has 0 bridgehead atoms. The Morgan fingerprint density at radius 3 is 2.40 bits per heavy atom. The molecule has 3 N–H and O–H groups in total. The Kier molecular flexibility index (Phi) is 4.80. The summed E-state index contributed by atoms with van der Waals surface area (Å²) in [6, 6.07) is 8.17. The van der Waals surface area contributed by atoms with Gasteiger partial charge in [-0.15, -0.1) is 0 Å². The Labute approximate surface area is 145 Å². The first-order chi connectivity index (χ1) is 11.9. The van der Waals surface area contributed by atoms with Crippen LogP contribution in [0.15, 0.2) is 36.5 Å². The fourth-order valence-corrected chi connectivity index (χ4v) is 3.54. The third-order valence-electron chi connectivity index (χ3n) is 4.07. The molecule has 0 unspecified atom stereocenters. The van der Waals surface area contributed by atoms with Gasteiger partial charge in [0.2, 0.25) is 0 Å². The van der Waals surface area contributed by atoms with Gasteiger partial charge < -0.3 is 20.0 Å². The molecular formula is C16H18N3O5S-. The minimum atomic E-state index is -4.23. The first-order valence-electron chi connectivity index (χ1n) is 7.80. The fraction of sp³-hybridized carbons (Fsp3) is 0.312. The fourth-order valence-electron chi connectivity index (χ4n) is 2.88. The van der Waals surface area contributed by atoms with Gasteiger partial charge in [-0.2, -0.15) is 8.42 Å². The standard InChI is InChI=1S/C16H19N3O5S/c17-25(22,23)19-10-7-14(15(19)16(20)21)11-1-3-12(4-2-11)24-13-5-8-18-9-6-13/h1-4,7,10,13,18H,5-6,8-9H2,(H,20,21)(H2,17,22,23)/p-1. The van der Waals surface area contributed by atoms with Crippen LogP contribution in [0.3, 0.4) is 0 Å². The molecule has 8 nitrogen and oxygen atoms in total. The Bertz CT molecular complexity index is 868. The lowest BCUT2D eigenvalue weighted by Crippen LogP contribution is -2.34. The number of benzene rings is 1. The molecule has 25 heavy (non-hydrogen) atoms. The normalized spacial score (nSPS) is 15.9. The Morgan fingerprint density at radius 2 is 1.84 bits per heavy atom. The predicted molar refractivity (Wildman–Crippen MR) is 89.2 cm³/mol. The van der Waals surface area contributed by atoms with Crippen molar-refractivity contribution < 1.29 is 23.1 Å². The van der Waals surface area contributed by atoms with Gasteiger partial charge in [0, 0.05) is 11.8 Å². The lowest BCUT2D eigenvalue weighted by molar-refractivity contribution is -0.255. The van der Waals surface area contributed by atoms with Gasteiger partial charge in [0.15, 0.2) is 0 Å². The first kappa shape index (κ1) is 17.5. The van der Waals surface area contributed by atoms with E-state index in [1.54, 1.807) is 24.3 Å². The number of rotatable bonds is 5. The highest BCUT2D eigenvalue weighted by molar-refractivity contribution is 7.87. The maximum Gasteiger partial charge on any atom is 0.302 e. The van der Waals surface area contributed by atoms with Crippen LogP contribution in [0.1, 0.15) is 23.3 Å². The van der Waals surface area contributed by atoms with Crippen molar-refractivity contribution in [2.24, 2.45) is 5.14 Å². The Hall–Kier alpha value is -2.36. The van der Waals surface area contributed by atoms with Gasteiger partial charge in [-0.25, -0.2) is 9.11 Å². The average Bonchev–Trinajstić information content (AvgIpc) is 3.02. The average molecular weight is 364 g/mol. The predicted octanol–water partition coefficient (Wildman–Crippen LogP) is -0.299. The Morgan fingerprint density at radius 1 is 1.20 bits per heavy atom. The van der Waals surface area contributed by atoms with Crippen molar-refractivity contribution in [3.05, 3.63) is 42.2 Å². The Balaban J connectivity index is 1.87. The number of carbonyl (C=O) groups is 1. The highest BCUT2D eigenvalue weighted by atomic mass is 32.2. The number of aromatic carboxylic acids is 1. The molecule has 1 aliphatic rings. The number of nitrogens with zero attached hydrogens (tertiary/aromatic N) is 1. The van der Waals surface area contributed by atoms with Crippen molar-refractivity contribution in [3.63, 3.8) is 0 Å². The SMILES string of the molecule is NS(=O)(=O)n1ccc(-c2ccc(OC3CCNCC3)cc2)c1C(=O)[O-]. The van der Waals surface area contributed by atoms with Crippen LogP contribution < -0.4 is 20.3 Å². The van der Waals surface area contributed by atoms with E-state index in [0.717, 1.165) is 32.1 Å². The second-order valence-electron chi connectivity index (χ2n) is 5.80. The monoisotopic (exact) mass is 364 g/mol. The molecule has 0 amide bonds. The molecule has 2 aromatic rings. The highest BCUT2D eigenvalue weighted by Crippen LogP contribution is 2.28. The van der Waals surface area contributed by atoms with Crippen LogP contribution in [0.2, 0.25) is 0 Å². The summed E-state index contributed by atoms with van der Waals surface area (Å²) in [5.41, 5.74) is 0.233. The van der Waals surface area contributed by atoms with E-state index in [-0.39, 0.29) is 11.7 Å².